The zero-order chi connectivity index (χ0) is 18.0. The molecule has 3 nitrogen and oxygen atoms in total. The van der Waals surface area contributed by atoms with Crippen LogP contribution in [-0.2, 0) is 19.6 Å². The molecule has 1 aromatic carbocycles. The summed E-state index contributed by atoms with van der Waals surface area (Å²) in [5.41, 5.74) is 6.97. The number of rotatable bonds is 6. The Morgan fingerprint density at radius 2 is 1.80 bits per heavy atom. The van der Waals surface area contributed by atoms with Gasteiger partial charge in [-0.15, -0.1) is 0 Å². The number of aromatic nitrogens is 1. The molecule has 1 aliphatic heterocycles. The van der Waals surface area contributed by atoms with E-state index in [1.807, 2.05) is 6.20 Å². The van der Waals surface area contributed by atoms with Crippen LogP contribution in [0, 0.1) is 0 Å². The van der Waals surface area contributed by atoms with Crippen LogP contribution in [0.3, 0.4) is 0 Å². The van der Waals surface area contributed by atoms with Crippen LogP contribution in [0.5, 0.6) is 0 Å². The van der Waals surface area contributed by atoms with E-state index >= 15 is 0 Å². The fraction of sp³-hybridized carbons (Fsp3) is 0.500. The van der Waals surface area contributed by atoms with Crippen LogP contribution in [0.25, 0.3) is 0 Å². The third-order valence-electron chi connectivity index (χ3n) is 5.20. The average molecular weight is 338 g/mol. The molecule has 1 atom stereocenters. The summed E-state index contributed by atoms with van der Waals surface area (Å²) in [5.74, 6) is 1.07. The van der Waals surface area contributed by atoms with Crippen molar-refractivity contribution >= 4 is 0 Å². The number of pyridine rings is 1. The summed E-state index contributed by atoms with van der Waals surface area (Å²) in [6, 6.07) is 11.4. The maximum Gasteiger partial charge on any atom is 0.0546 e. The SMILES string of the molecule is CC(C)c1ccnc(CN(C)CC(C)c2ccc3c(c2)CN(C)C3)c1. The lowest BCUT2D eigenvalue weighted by molar-refractivity contribution is 0.306. The molecule has 0 bridgehead atoms. The molecule has 1 aliphatic rings. The molecule has 2 aromatic rings. The zero-order valence-electron chi connectivity index (χ0n) is 16.3. The van der Waals surface area contributed by atoms with Crippen molar-refractivity contribution in [3.05, 3.63) is 64.5 Å². The maximum absolute atomic E-state index is 4.55. The van der Waals surface area contributed by atoms with Crippen LogP contribution in [0.15, 0.2) is 36.5 Å². The summed E-state index contributed by atoms with van der Waals surface area (Å²) in [7, 11) is 4.39. The minimum absolute atomic E-state index is 0.523. The molecule has 25 heavy (non-hydrogen) atoms. The normalized spacial score (nSPS) is 15.8. The predicted octanol–water partition coefficient (Wildman–Crippen LogP) is 4.39. The van der Waals surface area contributed by atoms with Crippen molar-refractivity contribution in [3.8, 4) is 0 Å². The molecule has 0 spiro atoms. The van der Waals surface area contributed by atoms with Crippen molar-refractivity contribution < 1.29 is 0 Å². The van der Waals surface area contributed by atoms with E-state index in [1.165, 1.54) is 22.3 Å². The van der Waals surface area contributed by atoms with Crippen LogP contribution in [0.1, 0.15) is 60.6 Å². The Morgan fingerprint density at radius 3 is 2.56 bits per heavy atom. The van der Waals surface area contributed by atoms with Crippen LogP contribution in [0.2, 0.25) is 0 Å². The Bertz CT molecular complexity index is 723. The van der Waals surface area contributed by atoms with Gasteiger partial charge in [0.15, 0.2) is 0 Å². The highest BCUT2D eigenvalue weighted by atomic mass is 15.1. The Hall–Kier alpha value is -1.71. The molecule has 134 valence electrons. The smallest absolute Gasteiger partial charge is 0.0546 e. The standard InChI is InChI=1S/C22H31N3/c1-16(2)18-8-9-23-22(11-18)15-24(4)12-17(3)19-6-7-20-13-25(5)14-21(20)10-19/h6-11,16-17H,12-15H2,1-5H3. The topological polar surface area (TPSA) is 19.4 Å². The van der Waals surface area contributed by atoms with Crippen molar-refractivity contribution in [2.24, 2.45) is 0 Å². The second-order valence-corrected chi connectivity index (χ2v) is 8.03. The molecule has 0 saturated carbocycles. The van der Waals surface area contributed by atoms with Gasteiger partial charge in [0.05, 0.1) is 5.69 Å². The lowest BCUT2D eigenvalue weighted by atomic mass is 9.96. The first kappa shape index (κ1) is 18.1. The molecule has 0 N–H and O–H groups in total. The molecule has 0 fully saturated rings. The first-order chi connectivity index (χ1) is 11.9. The van der Waals surface area contributed by atoms with Crippen molar-refractivity contribution in [2.75, 3.05) is 20.6 Å². The van der Waals surface area contributed by atoms with E-state index in [0.717, 1.165) is 31.9 Å². The highest BCUT2D eigenvalue weighted by Crippen LogP contribution is 2.26. The molecule has 2 heterocycles. The third-order valence-corrected chi connectivity index (χ3v) is 5.20. The Balaban J connectivity index is 1.62. The molecule has 3 rings (SSSR count). The minimum Gasteiger partial charge on any atom is -0.300 e. The Labute approximate surface area is 152 Å². The van der Waals surface area contributed by atoms with Gasteiger partial charge in [0.25, 0.3) is 0 Å². The number of hydrogen-bond acceptors (Lipinski definition) is 3. The van der Waals surface area contributed by atoms with Crippen LogP contribution < -0.4 is 0 Å². The van der Waals surface area contributed by atoms with Crippen molar-refractivity contribution in [2.45, 2.75) is 52.2 Å². The predicted molar refractivity (Wildman–Crippen MR) is 105 cm³/mol. The van der Waals surface area contributed by atoms with Gasteiger partial charge in [0.2, 0.25) is 0 Å². The molecule has 3 heteroatoms. The van der Waals surface area contributed by atoms with E-state index in [2.05, 4.69) is 80.0 Å². The maximum atomic E-state index is 4.55. The van der Waals surface area contributed by atoms with Crippen molar-refractivity contribution in [3.63, 3.8) is 0 Å². The highest BCUT2D eigenvalue weighted by Gasteiger charge is 2.18. The van der Waals surface area contributed by atoms with Crippen molar-refractivity contribution in [1.29, 1.82) is 0 Å². The second-order valence-electron chi connectivity index (χ2n) is 8.03. The van der Waals surface area contributed by atoms with Gasteiger partial charge in [0.1, 0.15) is 0 Å². The van der Waals surface area contributed by atoms with Gasteiger partial charge >= 0.3 is 0 Å². The van der Waals surface area contributed by atoms with Crippen LogP contribution in [-0.4, -0.2) is 35.4 Å². The minimum atomic E-state index is 0.523. The summed E-state index contributed by atoms with van der Waals surface area (Å²) >= 11 is 0. The summed E-state index contributed by atoms with van der Waals surface area (Å²) in [5, 5.41) is 0. The summed E-state index contributed by atoms with van der Waals surface area (Å²) in [6.07, 6.45) is 1.94. The molecule has 0 amide bonds. The number of nitrogens with zero attached hydrogens (tertiary/aromatic N) is 3. The Morgan fingerprint density at radius 1 is 1.04 bits per heavy atom. The van der Waals surface area contributed by atoms with E-state index < -0.39 is 0 Å². The molecule has 0 radical (unpaired) electrons. The first-order valence-electron chi connectivity index (χ1n) is 9.36. The van der Waals surface area contributed by atoms with Crippen LogP contribution >= 0.6 is 0 Å². The second kappa shape index (κ2) is 7.67. The molecule has 0 aliphatic carbocycles. The number of likely N-dealkylation sites (N-methyl/N-ethyl adjacent to an activating group) is 1. The van der Waals surface area contributed by atoms with E-state index in [9.17, 15) is 0 Å². The zero-order valence-corrected chi connectivity index (χ0v) is 16.3. The van der Waals surface area contributed by atoms with E-state index in [0.29, 0.717) is 11.8 Å². The van der Waals surface area contributed by atoms with Gasteiger partial charge in [0, 0.05) is 32.4 Å². The fourth-order valence-electron chi connectivity index (χ4n) is 3.75. The van der Waals surface area contributed by atoms with Gasteiger partial charge in [-0.05, 0) is 60.3 Å². The Kier molecular flexibility index (Phi) is 5.55. The molecular weight excluding hydrogens is 306 g/mol. The fourth-order valence-corrected chi connectivity index (χ4v) is 3.75. The molecule has 0 saturated heterocycles. The molecule has 1 aromatic heterocycles. The van der Waals surface area contributed by atoms with Gasteiger partial charge in [-0.2, -0.15) is 0 Å². The lowest BCUT2D eigenvalue weighted by Crippen LogP contribution is -2.23. The molecule has 1 unspecified atom stereocenters. The average Bonchev–Trinajstić information content (AvgIpc) is 2.93. The number of fused-ring (bicyclic) bond motifs is 1. The van der Waals surface area contributed by atoms with Gasteiger partial charge in [-0.1, -0.05) is 39.0 Å². The third kappa shape index (κ3) is 4.47. The number of hydrogen-bond donors (Lipinski definition) is 0. The van der Waals surface area contributed by atoms with Gasteiger partial charge in [-0.25, -0.2) is 0 Å². The largest absolute Gasteiger partial charge is 0.300 e. The summed E-state index contributed by atoms with van der Waals surface area (Å²) < 4.78 is 0. The summed E-state index contributed by atoms with van der Waals surface area (Å²) in [6.45, 7) is 10.9. The highest BCUT2D eigenvalue weighted by molar-refractivity contribution is 5.36. The van der Waals surface area contributed by atoms with E-state index in [1.54, 1.807) is 0 Å². The van der Waals surface area contributed by atoms with Gasteiger partial charge in [-0.3, -0.25) is 14.8 Å². The quantitative estimate of drug-likeness (QED) is 0.779. The van der Waals surface area contributed by atoms with Crippen molar-refractivity contribution in [1.82, 2.24) is 14.8 Å². The van der Waals surface area contributed by atoms with Gasteiger partial charge < -0.3 is 0 Å². The number of benzene rings is 1. The first-order valence-corrected chi connectivity index (χ1v) is 9.36. The van der Waals surface area contributed by atoms with E-state index in [4.69, 9.17) is 0 Å². The monoisotopic (exact) mass is 337 g/mol. The van der Waals surface area contributed by atoms with E-state index in [-0.39, 0.29) is 0 Å². The summed E-state index contributed by atoms with van der Waals surface area (Å²) in [4.78, 5) is 9.31. The van der Waals surface area contributed by atoms with Crippen LogP contribution in [0.4, 0.5) is 0 Å². The lowest BCUT2D eigenvalue weighted by Gasteiger charge is -2.22. The molecular formula is C22H31N3.